The molecule has 0 saturated carbocycles. The minimum Gasteiger partial charge on any atom is -0.465 e. The Balaban J connectivity index is 3.45. The van der Waals surface area contributed by atoms with Gasteiger partial charge in [0.15, 0.2) is 0 Å². The molecule has 1 amide bonds. The number of alkyl carbamates (subject to hydrolysis) is 1. The lowest BCUT2D eigenvalue weighted by molar-refractivity contribution is -0.141. The molecular weight excluding hydrogens is 174 g/mol. The van der Waals surface area contributed by atoms with Gasteiger partial charge < -0.3 is 14.8 Å². The van der Waals surface area contributed by atoms with Crippen LogP contribution in [0, 0.1) is 0 Å². The average molecular weight is 187 g/mol. The van der Waals surface area contributed by atoms with Gasteiger partial charge in [0.1, 0.15) is 13.2 Å². The smallest absolute Gasteiger partial charge is 0.407 e. The van der Waals surface area contributed by atoms with E-state index in [0.29, 0.717) is 6.61 Å². The fourth-order valence-corrected chi connectivity index (χ4v) is 0.542. The molecule has 0 bridgehead atoms. The fourth-order valence-electron chi connectivity index (χ4n) is 0.542. The van der Waals surface area contributed by atoms with Crippen molar-refractivity contribution in [2.75, 3.05) is 19.8 Å². The van der Waals surface area contributed by atoms with E-state index in [1.165, 1.54) is 6.08 Å². The molecule has 0 aromatic rings. The first-order valence-corrected chi connectivity index (χ1v) is 3.87. The van der Waals surface area contributed by atoms with E-state index >= 15 is 0 Å². The van der Waals surface area contributed by atoms with Gasteiger partial charge in [-0.3, -0.25) is 4.79 Å². The Labute approximate surface area is 76.7 Å². The molecule has 0 radical (unpaired) electrons. The first-order chi connectivity index (χ1) is 6.20. The molecule has 0 unspecified atom stereocenters. The van der Waals surface area contributed by atoms with Crippen molar-refractivity contribution in [1.82, 2.24) is 5.32 Å². The molecule has 1 N–H and O–H groups in total. The number of esters is 1. The molecule has 0 aromatic heterocycles. The minimum atomic E-state index is -0.659. The summed E-state index contributed by atoms with van der Waals surface area (Å²) in [5.74, 6) is -0.488. The van der Waals surface area contributed by atoms with Crippen molar-refractivity contribution in [3.8, 4) is 0 Å². The highest BCUT2D eigenvalue weighted by Gasteiger charge is 2.04. The van der Waals surface area contributed by atoms with E-state index in [9.17, 15) is 9.59 Å². The molecule has 13 heavy (non-hydrogen) atoms. The van der Waals surface area contributed by atoms with Crippen molar-refractivity contribution in [3.63, 3.8) is 0 Å². The third-order valence-electron chi connectivity index (χ3n) is 1.01. The van der Waals surface area contributed by atoms with Gasteiger partial charge in [-0.25, -0.2) is 4.79 Å². The second kappa shape index (κ2) is 7.15. The zero-order valence-corrected chi connectivity index (χ0v) is 7.54. The molecule has 0 aliphatic heterocycles. The van der Waals surface area contributed by atoms with Crippen LogP contribution in [0.3, 0.4) is 0 Å². The third kappa shape index (κ3) is 6.86. The van der Waals surface area contributed by atoms with Gasteiger partial charge >= 0.3 is 12.1 Å². The topological polar surface area (TPSA) is 64.6 Å². The predicted molar refractivity (Wildman–Crippen MR) is 46.2 cm³/mol. The van der Waals surface area contributed by atoms with Crippen LogP contribution in [0.5, 0.6) is 0 Å². The first-order valence-electron chi connectivity index (χ1n) is 3.87. The number of amides is 1. The number of ether oxygens (including phenoxy) is 2. The molecule has 0 spiro atoms. The summed E-state index contributed by atoms with van der Waals surface area (Å²) in [5.41, 5.74) is 0. The van der Waals surface area contributed by atoms with E-state index in [2.05, 4.69) is 21.4 Å². The van der Waals surface area contributed by atoms with E-state index in [-0.39, 0.29) is 13.2 Å². The van der Waals surface area contributed by atoms with Crippen LogP contribution in [-0.4, -0.2) is 31.8 Å². The van der Waals surface area contributed by atoms with Crippen LogP contribution in [0.2, 0.25) is 0 Å². The largest absolute Gasteiger partial charge is 0.465 e. The summed E-state index contributed by atoms with van der Waals surface area (Å²) in [6.07, 6.45) is 0.775. The highest BCUT2D eigenvalue weighted by Crippen LogP contribution is 1.79. The number of rotatable bonds is 5. The number of carbonyl (C=O) groups excluding carboxylic acids is 2. The molecule has 0 atom stereocenters. The quantitative estimate of drug-likeness (QED) is 0.501. The van der Waals surface area contributed by atoms with Crippen LogP contribution in [0.15, 0.2) is 12.7 Å². The van der Waals surface area contributed by atoms with Gasteiger partial charge in [-0.1, -0.05) is 12.7 Å². The van der Waals surface area contributed by atoms with Crippen LogP contribution < -0.4 is 5.32 Å². The van der Waals surface area contributed by atoms with Gasteiger partial charge in [-0.2, -0.15) is 0 Å². The number of hydrogen-bond acceptors (Lipinski definition) is 4. The van der Waals surface area contributed by atoms with Crippen LogP contribution in [-0.2, 0) is 14.3 Å². The van der Waals surface area contributed by atoms with E-state index < -0.39 is 12.1 Å². The minimum absolute atomic E-state index is 0.120. The Morgan fingerprint density at radius 3 is 2.69 bits per heavy atom. The summed E-state index contributed by atoms with van der Waals surface area (Å²) < 4.78 is 9.11. The molecule has 74 valence electrons. The van der Waals surface area contributed by atoms with E-state index in [0.717, 1.165) is 0 Å². The summed E-state index contributed by atoms with van der Waals surface area (Å²) in [4.78, 5) is 21.4. The van der Waals surface area contributed by atoms with E-state index in [1.807, 2.05) is 0 Å². The van der Waals surface area contributed by atoms with E-state index in [1.54, 1.807) is 6.92 Å². The van der Waals surface area contributed by atoms with Crippen LogP contribution in [0.1, 0.15) is 6.92 Å². The number of hydrogen-bond donors (Lipinski definition) is 1. The predicted octanol–water partition coefficient (Wildman–Crippen LogP) is 0.462. The van der Waals surface area contributed by atoms with E-state index in [4.69, 9.17) is 0 Å². The zero-order valence-electron chi connectivity index (χ0n) is 7.54. The first kappa shape index (κ1) is 11.5. The van der Waals surface area contributed by atoms with Crippen molar-refractivity contribution < 1.29 is 19.1 Å². The normalized spacial score (nSPS) is 8.69. The summed E-state index contributed by atoms with van der Waals surface area (Å²) in [5, 5.41) is 2.22. The lowest BCUT2D eigenvalue weighted by atomic mass is 10.6. The van der Waals surface area contributed by atoms with Crippen LogP contribution >= 0.6 is 0 Å². The average Bonchev–Trinajstić information content (AvgIpc) is 2.12. The second-order valence-corrected chi connectivity index (χ2v) is 2.05. The Morgan fingerprint density at radius 1 is 1.46 bits per heavy atom. The molecule has 5 heteroatoms. The van der Waals surface area contributed by atoms with Crippen molar-refractivity contribution in [3.05, 3.63) is 12.7 Å². The molecule has 0 fully saturated rings. The Bertz CT molecular complexity index is 191. The van der Waals surface area contributed by atoms with Gasteiger partial charge in [0, 0.05) is 0 Å². The molecule has 5 nitrogen and oxygen atoms in total. The summed E-state index contributed by atoms with van der Waals surface area (Å²) in [6, 6.07) is 0. The Kier molecular flexibility index (Phi) is 6.31. The van der Waals surface area contributed by atoms with Gasteiger partial charge in [-0.05, 0) is 6.92 Å². The molecule has 0 aliphatic carbocycles. The lowest BCUT2D eigenvalue weighted by Gasteiger charge is -2.04. The van der Waals surface area contributed by atoms with Crippen molar-refractivity contribution >= 4 is 12.1 Å². The van der Waals surface area contributed by atoms with Crippen molar-refractivity contribution in [2.45, 2.75) is 6.92 Å². The zero-order chi connectivity index (χ0) is 10.1. The van der Waals surface area contributed by atoms with Crippen LogP contribution in [0.4, 0.5) is 4.79 Å². The molecule has 0 aliphatic rings. The van der Waals surface area contributed by atoms with Gasteiger partial charge in [0.25, 0.3) is 0 Å². The Hall–Kier alpha value is -1.52. The molecular formula is C8H13NO4. The maximum atomic E-state index is 10.7. The maximum absolute atomic E-state index is 10.7. The molecule has 0 aromatic carbocycles. The van der Waals surface area contributed by atoms with Gasteiger partial charge in [0.2, 0.25) is 0 Å². The van der Waals surface area contributed by atoms with Crippen LogP contribution in [0.25, 0.3) is 0 Å². The standard InChI is InChI=1S/C8H13NO4/c1-3-5-13-8(11)9-6-7(10)12-4-2/h3H,1,4-6H2,2H3,(H,9,11). The highest BCUT2D eigenvalue weighted by molar-refractivity contribution is 5.77. The fraction of sp³-hybridized carbons (Fsp3) is 0.500. The number of carbonyl (C=O) groups is 2. The maximum Gasteiger partial charge on any atom is 0.407 e. The van der Waals surface area contributed by atoms with Gasteiger partial charge in [-0.15, -0.1) is 0 Å². The summed E-state index contributed by atoms with van der Waals surface area (Å²) >= 11 is 0. The highest BCUT2D eigenvalue weighted by atomic mass is 16.6. The monoisotopic (exact) mass is 187 g/mol. The van der Waals surface area contributed by atoms with Gasteiger partial charge in [0.05, 0.1) is 6.61 Å². The summed E-state index contributed by atoms with van der Waals surface area (Å²) in [7, 11) is 0. The lowest BCUT2D eigenvalue weighted by Crippen LogP contribution is -2.31. The molecule has 0 saturated heterocycles. The van der Waals surface area contributed by atoms with Crippen molar-refractivity contribution in [1.29, 1.82) is 0 Å². The summed E-state index contributed by atoms with van der Waals surface area (Å²) in [6.45, 7) is 5.29. The SMILES string of the molecule is C=CCOC(=O)NCC(=O)OCC. The Morgan fingerprint density at radius 2 is 2.15 bits per heavy atom. The molecule has 0 rings (SSSR count). The third-order valence-corrected chi connectivity index (χ3v) is 1.01. The van der Waals surface area contributed by atoms with Crippen molar-refractivity contribution in [2.24, 2.45) is 0 Å². The second-order valence-electron chi connectivity index (χ2n) is 2.05. The number of nitrogens with one attached hydrogen (secondary N) is 1. The molecule has 0 heterocycles.